The van der Waals surface area contributed by atoms with Crippen molar-refractivity contribution in [3.05, 3.63) is 80.1 Å². The summed E-state index contributed by atoms with van der Waals surface area (Å²) in [5.74, 6) is -0.0438. The van der Waals surface area contributed by atoms with E-state index in [4.69, 9.17) is 4.42 Å². The number of rotatable bonds is 3. The lowest BCUT2D eigenvalue weighted by molar-refractivity contribution is 0.0728. The predicted molar refractivity (Wildman–Crippen MR) is 99.8 cm³/mol. The van der Waals surface area contributed by atoms with Gasteiger partial charge in [0.05, 0.1) is 17.0 Å². The first-order chi connectivity index (χ1) is 12.1. The molecular formula is C20H16BrNO3. The largest absolute Gasteiger partial charge is 0.450 e. The fraction of sp³-hybridized carbons (Fsp3) is 0.200. The Labute approximate surface area is 153 Å². The number of amides is 1. The van der Waals surface area contributed by atoms with Crippen LogP contribution in [0.4, 0.5) is 0 Å². The highest BCUT2D eigenvalue weighted by atomic mass is 79.9. The highest BCUT2D eigenvalue weighted by Gasteiger charge is 2.42. The van der Waals surface area contributed by atoms with Gasteiger partial charge in [-0.3, -0.25) is 9.59 Å². The Balaban J connectivity index is 2.00. The standard InChI is InChI=1S/C20H16BrNO3/c1-2-11-22-17(12-7-9-13(21)10-8-12)16-18(23)14-5-3-4-6-15(14)25-19(16)20(22)24/h3-10,17H,2,11H2,1H3. The summed E-state index contributed by atoms with van der Waals surface area (Å²) in [7, 11) is 0. The van der Waals surface area contributed by atoms with Crippen LogP contribution in [0, 0.1) is 0 Å². The van der Waals surface area contributed by atoms with Crippen LogP contribution in [0.3, 0.4) is 0 Å². The molecule has 3 aromatic rings. The zero-order chi connectivity index (χ0) is 17.6. The van der Waals surface area contributed by atoms with Crippen LogP contribution in [0.1, 0.15) is 41.1 Å². The summed E-state index contributed by atoms with van der Waals surface area (Å²) in [6.07, 6.45) is 0.806. The molecule has 0 N–H and O–H groups in total. The van der Waals surface area contributed by atoms with E-state index in [0.717, 1.165) is 16.5 Å². The average Bonchev–Trinajstić information content (AvgIpc) is 2.89. The molecule has 0 bridgehead atoms. The van der Waals surface area contributed by atoms with Crippen molar-refractivity contribution in [2.75, 3.05) is 6.54 Å². The lowest BCUT2D eigenvalue weighted by Crippen LogP contribution is -2.30. The van der Waals surface area contributed by atoms with Crippen LogP contribution in [0.2, 0.25) is 0 Å². The van der Waals surface area contributed by atoms with Crippen molar-refractivity contribution >= 4 is 32.8 Å². The third-order valence-electron chi connectivity index (χ3n) is 4.52. The summed E-state index contributed by atoms with van der Waals surface area (Å²) in [6.45, 7) is 2.58. The second-order valence-corrected chi connectivity index (χ2v) is 7.04. The van der Waals surface area contributed by atoms with Crippen molar-refractivity contribution < 1.29 is 9.21 Å². The van der Waals surface area contributed by atoms with E-state index in [9.17, 15) is 9.59 Å². The molecule has 0 spiro atoms. The molecular weight excluding hydrogens is 382 g/mol. The van der Waals surface area contributed by atoms with Gasteiger partial charge < -0.3 is 9.32 Å². The molecule has 0 saturated carbocycles. The third kappa shape index (κ3) is 2.50. The van der Waals surface area contributed by atoms with Gasteiger partial charge in [0.25, 0.3) is 5.91 Å². The summed E-state index contributed by atoms with van der Waals surface area (Å²) in [4.78, 5) is 27.8. The van der Waals surface area contributed by atoms with Crippen molar-refractivity contribution in [3.8, 4) is 0 Å². The Morgan fingerprint density at radius 2 is 1.80 bits per heavy atom. The number of nitrogens with zero attached hydrogens (tertiary/aromatic N) is 1. The molecule has 5 heteroatoms. The van der Waals surface area contributed by atoms with Crippen molar-refractivity contribution in [1.29, 1.82) is 0 Å². The SMILES string of the molecule is CCCN1C(=O)c2oc3ccccc3c(=O)c2C1c1ccc(Br)cc1. The van der Waals surface area contributed by atoms with Crippen molar-refractivity contribution in [2.24, 2.45) is 0 Å². The minimum absolute atomic E-state index is 0.128. The summed E-state index contributed by atoms with van der Waals surface area (Å²) < 4.78 is 6.80. The molecule has 4 nitrogen and oxygen atoms in total. The first-order valence-electron chi connectivity index (χ1n) is 8.24. The van der Waals surface area contributed by atoms with Gasteiger partial charge in [-0.05, 0) is 36.2 Å². The summed E-state index contributed by atoms with van der Waals surface area (Å²) in [6, 6.07) is 14.4. The molecule has 126 valence electrons. The maximum absolute atomic E-state index is 13.1. The number of carbonyl (C=O) groups is 1. The van der Waals surface area contributed by atoms with Gasteiger partial charge in [-0.15, -0.1) is 0 Å². The highest BCUT2D eigenvalue weighted by Crippen LogP contribution is 2.38. The molecule has 1 aliphatic heterocycles. The van der Waals surface area contributed by atoms with Crippen LogP contribution in [0.25, 0.3) is 11.0 Å². The van der Waals surface area contributed by atoms with Crippen LogP contribution >= 0.6 is 15.9 Å². The van der Waals surface area contributed by atoms with Gasteiger partial charge in [0, 0.05) is 11.0 Å². The Kier molecular flexibility index (Phi) is 3.96. The molecule has 1 amide bonds. The zero-order valence-electron chi connectivity index (χ0n) is 13.7. The first kappa shape index (κ1) is 16.1. The minimum Gasteiger partial charge on any atom is -0.450 e. The van der Waals surface area contributed by atoms with Crippen LogP contribution in [-0.4, -0.2) is 17.4 Å². The molecule has 2 heterocycles. The van der Waals surface area contributed by atoms with E-state index >= 15 is 0 Å². The number of carbonyl (C=O) groups excluding carboxylic acids is 1. The average molecular weight is 398 g/mol. The second kappa shape index (κ2) is 6.15. The smallest absolute Gasteiger partial charge is 0.290 e. The van der Waals surface area contributed by atoms with Crippen LogP contribution in [0.5, 0.6) is 0 Å². The molecule has 0 saturated heterocycles. The van der Waals surface area contributed by atoms with E-state index in [1.54, 1.807) is 29.2 Å². The van der Waals surface area contributed by atoms with Gasteiger partial charge in [0.2, 0.25) is 5.76 Å². The zero-order valence-corrected chi connectivity index (χ0v) is 15.2. The number of benzene rings is 2. The van der Waals surface area contributed by atoms with Gasteiger partial charge in [0.15, 0.2) is 5.43 Å². The molecule has 4 rings (SSSR count). The Morgan fingerprint density at radius 1 is 1.08 bits per heavy atom. The fourth-order valence-corrected chi connectivity index (χ4v) is 3.69. The van der Waals surface area contributed by atoms with E-state index in [2.05, 4.69) is 15.9 Å². The molecule has 25 heavy (non-hydrogen) atoms. The van der Waals surface area contributed by atoms with Crippen LogP contribution in [-0.2, 0) is 0 Å². The Morgan fingerprint density at radius 3 is 2.52 bits per heavy atom. The molecule has 1 atom stereocenters. The summed E-state index contributed by atoms with van der Waals surface area (Å²) in [5, 5.41) is 0.509. The summed E-state index contributed by atoms with van der Waals surface area (Å²) >= 11 is 3.43. The highest BCUT2D eigenvalue weighted by molar-refractivity contribution is 9.10. The molecule has 0 fully saturated rings. The van der Waals surface area contributed by atoms with E-state index in [1.165, 1.54) is 0 Å². The number of hydrogen-bond acceptors (Lipinski definition) is 3. The maximum atomic E-state index is 13.1. The molecule has 0 aliphatic carbocycles. The monoisotopic (exact) mass is 397 g/mol. The molecule has 1 unspecified atom stereocenters. The minimum atomic E-state index is -0.406. The molecule has 1 aromatic heterocycles. The molecule has 0 radical (unpaired) electrons. The molecule has 2 aromatic carbocycles. The second-order valence-electron chi connectivity index (χ2n) is 6.12. The van der Waals surface area contributed by atoms with Crippen molar-refractivity contribution in [2.45, 2.75) is 19.4 Å². The van der Waals surface area contributed by atoms with E-state index in [1.807, 2.05) is 31.2 Å². The van der Waals surface area contributed by atoms with Gasteiger partial charge >= 0.3 is 0 Å². The fourth-order valence-electron chi connectivity index (χ4n) is 3.43. The Hall–Kier alpha value is -2.40. The topological polar surface area (TPSA) is 50.5 Å². The van der Waals surface area contributed by atoms with Crippen LogP contribution < -0.4 is 5.43 Å². The first-order valence-corrected chi connectivity index (χ1v) is 9.03. The Bertz CT molecular complexity index is 1020. The quantitative estimate of drug-likeness (QED) is 0.652. The van der Waals surface area contributed by atoms with Gasteiger partial charge in [-0.1, -0.05) is 47.1 Å². The lowest BCUT2D eigenvalue weighted by atomic mass is 9.98. The lowest BCUT2D eigenvalue weighted by Gasteiger charge is -2.24. The number of fused-ring (bicyclic) bond motifs is 2. The van der Waals surface area contributed by atoms with Crippen molar-refractivity contribution in [3.63, 3.8) is 0 Å². The van der Waals surface area contributed by atoms with Gasteiger partial charge in [-0.25, -0.2) is 0 Å². The summed E-state index contributed by atoms with van der Waals surface area (Å²) in [5.41, 5.74) is 1.68. The maximum Gasteiger partial charge on any atom is 0.290 e. The van der Waals surface area contributed by atoms with Crippen molar-refractivity contribution in [1.82, 2.24) is 4.90 Å². The van der Waals surface area contributed by atoms with E-state index in [0.29, 0.717) is 23.1 Å². The third-order valence-corrected chi connectivity index (χ3v) is 5.05. The predicted octanol–water partition coefficient (Wildman–Crippen LogP) is 4.51. The van der Waals surface area contributed by atoms with Gasteiger partial charge in [-0.2, -0.15) is 0 Å². The number of para-hydroxylation sites is 1. The van der Waals surface area contributed by atoms with Gasteiger partial charge in [0.1, 0.15) is 5.58 Å². The molecule has 1 aliphatic rings. The van der Waals surface area contributed by atoms with E-state index in [-0.39, 0.29) is 17.1 Å². The normalized spacial score (nSPS) is 16.5. The number of halogens is 1. The number of hydrogen-bond donors (Lipinski definition) is 0. The van der Waals surface area contributed by atoms with Crippen LogP contribution in [0.15, 0.2) is 62.2 Å². The van der Waals surface area contributed by atoms with E-state index < -0.39 is 6.04 Å².